The summed E-state index contributed by atoms with van der Waals surface area (Å²) in [5, 5.41) is 23.0. The molecule has 0 aliphatic carbocycles. The highest BCUT2D eigenvalue weighted by Gasteiger charge is 2.08. The normalized spacial score (nSPS) is 12.7. The first kappa shape index (κ1) is 23.4. The average molecular weight is 444 g/mol. The number of phenols is 1. The van der Waals surface area contributed by atoms with E-state index in [0.29, 0.717) is 23.8 Å². The molecule has 2 aromatic heterocycles. The Morgan fingerprint density at radius 2 is 2.03 bits per heavy atom. The fourth-order valence-electron chi connectivity index (χ4n) is 3.05. The molecular weight excluding hydrogens is 418 g/mol. The fraction of sp³-hybridized carbons (Fsp3) is 0.192. The molecule has 33 heavy (non-hydrogen) atoms. The van der Waals surface area contributed by atoms with Gasteiger partial charge in [0.25, 0.3) is 0 Å². The van der Waals surface area contributed by atoms with Gasteiger partial charge in [-0.2, -0.15) is 0 Å². The van der Waals surface area contributed by atoms with Gasteiger partial charge in [-0.1, -0.05) is 30.2 Å². The smallest absolute Gasteiger partial charge is 0.304 e. The third-order valence-corrected chi connectivity index (χ3v) is 4.58. The summed E-state index contributed by atoms with van der Waals surface area (Å²) < 4.78 is 7.62. The quantitative estimate of drug-likeness (QED) is 0.281. The van der Waals surface area contributed by atoms with Crippen molar-refractivity contribution in [3.05, 3.63) is 84.3 Å². The maximum Gasteiger partial charge on any atom is 0.304 e. The van der Waals surface area contributed by atoms with Crippen LogP contribution in [0.2, 0.25) is 0 Å². The van der Waals surface area contributed by atoms with Crippen molar-refractivity contribution in [3.8, 4) is 29.0 Å². The number of hydrogen-bond acceptors (Lipinski definition) is 5. The summed E-state index contributed by atoms with van der Waals surface area (Å²) in [6, 6.07) is 10.5. The number of carboxylic acids is 1. The van der Waals surface area contributed by atoms with E-state index in [2.05, 4.69) is 21.9 Å². The number of ether oxygens (including phenoxy) is 1. The van der Waals surface area contributed by atoms with Gasteiger partial charge in [0.2, 0.25) is 0 Å². The molecular formula is C26H25N3O4. The summed E-state index contributed by atoms with van der Waals surface area (Å²) in [7, 11) is 0. The van der Waals surface area contributed by atoms with Gasteiger partial charge >= 0.3 is 5.97 Å². The number of pyridine rings is 1. The van der Waals surface area contributed by atoms with Gasteiger partial charge in [0.1, 0.15) is 18.1 Å². The number of allylic oxidation sites excluding steroid dienone is 5. The molecule has 3 aromatic rings. The third kappa shape index (κ3) is 6.84. The Morgan fingerprint density at radius 1 is 1.24 bits per heavy atom. The van der Waals surface area contributed by atoms with Crippen LogP contribution in [0.25, 0.3) is 17.0 Å². The highest BCUT2D eigenvalue weighted by atomic mass is 16.5. The van der Waals surface area contributed by atoms with E-state index in [9.17, 15) is 9.90 Å². The van der Waals surface area contributed by atoms with Crippen molar-refractivity contribution in [2.75, 3.05) is 0 Å². The predicted molar refractivity (Wildman–Crippen MR) is 126 cm³/mol. The molecule has 2 heterocycles. The highest BCUT2D eigenvalue weighted by Crippen LogP contribution is 2.20. The second-order valence-corrected chi connectivity index (χ2v) is 7.16. The van der Waals surface area contributed by atoms with Gasteiger partial charge in [0, 0.05) is 23.2 Å². The standard InChI is InChI=1S/C26H25N3O4/c1-3-6-19(16-25(31)32)8-5-9-23(7-4-2)33-18-20-10-15-24-27-26(28-29(24)17-20)21-11-13-22(30)14-12-21/h4-5,7-15,17,19,30H,16,18H2,1-2H3,(H,31,32)/b7-4-,8-5+,23-9+. The molecule has 1 aromatic carbocycles. The maximum absolute atomic E-state index is 11.0. The SMILES string of the molecule is CC#CC(/C=C/C=C(\C=C/C)OCc1ccc2nc(-c3ccc(O)cc3)nn2c1)CC(=O)O. The van der Waals surface area contributed by atoms with Crippen molar-refractivity contribution in [3.63, 3.8) is 0 Å². The summed E-state index contributed by atoms with van der Waals surface area (Å²) in [6.07, 6.45) is 10.8. The Labute approximate surface area is 192 Å². The lowest BCUT2D eigenvalue weighted by atomic mass is 10.1. The van der Waals surface area contributed by atoms with Crippen molar-refractivity contribution in [2.45, 2.75) is 26.9 Å². The van der Waals surface area contributed by atoms with Crippen molar-refractivity contribution in [1.82, 2.24) is 14.6 Å². The van der Waals surface area contributed by atoms with Crippen molar-refractivity contribution in [2.24, 2.45) is 5.92 Å². The summed E-state index contributed by atoms with van der Waals surface area (Å²) in [4.78, 5) is 15.5. The number of aromatic hydroxyl groups is 1. The van der Waals surface area contributed by atoms with Crippen LogP contribution in [0.1, 0.15) is 25.8 Å². The van der Waals surface area contributed by atoms with E-state index in [1.165, 1.54) is 0 Å². The minimum atomic E-state index is -0.890. The number of nitrogens with zero attached hydrogens (tertiary/aromatic N) is 3. The van der Waals surface area contributed by atoms with Crippen molar-refractivity contribution < 1.29 is 19.7 Å². The molecule has 2 N–H and O–H groups in total. The highest BCUT2D eigenvalue weighted by molar-refractivity contribution is 5.68. The molecule has 7 heteroatoms. The molecule has 0 aliphatic rings. The van der Waals surface area contributed by atoms with Gasteiger partial charge in [-0.15, -0.1) is 11.0 Å². The molecule has 0 fully saturated rings. The molecule has 1 atom stereocenters. The van der Waals surface area contributed by atoms with Crippen LogP contribution in [0.15, 0.2) is 78.7 Å². The van der Waals surface area contributed by atoms with Crippen LogP contribution in [-0.4, -0.2) is 30.8 Å². The zero-order chi connectivity index (χ0) is 23.6. The first-order valence-electron chi connectivity index (χ1n) is 10.4. The topological polar surface area (TPSA) is 97.0 Å². The summed E-state index contributed by atoms with van der Waals surface area (Å²) in [6.45, 7) is 3.90. The Kier molecular flexibility index (Phi) is 8.03. The van der Waals surface area contributed by atoms with Gasteiger partial charge in [-0.25, -0.2) is 9.50 Å². The van der Waals surface area contributed by atoms with Gasteiger partial charge in [0.05, 0.1) is 6.42 Å². The zero-order valence-corrected chi connectivity index (χ0v) is 18.5. The van der Waals surface area contributed by atoms with Crippen molar-refractivity contribution in [1.29, 1.82) is 0 Å². The lowest BCUT2D eigenvalue weighted by Crippen LogP contribution is -2.03. The number of fused-ring (bicyclic) bond motifs is 1. The molecule has 0 spiro atoms. The largest absolute Gasteiger partial charge is 0.508 e. The van der Waals surface area contributed by atoms with Crippen LogP contribution in [0, 0.1) is 17.8 Å². The first-order valence-corrected chi connectivity index (χ1v) is 10.4. The van der Waals surface area contributed by atoms with E-state index in [-0.39, 0.29) is 18.1 Å². The second-order valence-electron chi connectivity index (χ2n) is 7.16. The first-order chi connectivity index (χ1) is 16.0. The van der Waals surface area contributed by atoms with E-state index >= 15 is 0 Å². The number of phenolic OH excluding ortho intramolecular Hbond substituents is 1. The fourth-order valence-corrected chi connectivity index (χ4v) is 3.05. The number of benzene rings is 1. The number of aliphatic carboxylic acids is 1. The third-order valence-electron chi connectivity index (χ3n) is 4.58. The Hall–Kier alpha value is -4.31. The predicted octanol–water partition coefficient (Wildman–Crippen LogP) is 4.75. The minimum absolute atomic E-state index is 0.0466. The molecule has 0 amide bonds. The van der Waals surface area contributed by atoms with E-state index in [0.717, 1.165) is 11.1 Å². The molecule has 0 radical (unpaired) electrons. The van der Waals surface area contributed by atoms with E-state index < -0.39 is 5.97 Å². The lowest BCUT2D eigenvalue weighted by Gasteiger charge is -2.07. The van der Waals surface area contributed by atoms with Gasteiger partial charge in [-0.3, -0.25) is 4.79 Å². The van der Waals surface area contributed by atoms with Crippen LogP contribution in [0.5, 0.6) is 5.75 Å². The van der Waals surface area contributed by atoms with Gasteiger partial charge < -0.3 is 14.9 Å². The van der Waals surface area contributed by atoms with Crippen LogP contribution in [0.4, 0.5) is 0 Å². The minimum Gasteiger partial charge on any atom is -0.508 e. The van der Waals surface area contributed by atoms with E-state index in [4.69, 9.17) is 9.84 Å². The summed E-state index contributed by atoms with van der Waals surface area (Å²) in [5.74, 6) is 5.79. The van der Waals surface area contributed by atoms with Crippen LogP contribution in [-0.2, 0) is 16.1 Å². The number of hydrogen-bond donors (Lipinski definition) is 2. The van der Waals surface area contributed by atoms with E-state index in [1.807, 2.05) is 37.4 Å². The Morgan fingerprint density at radius 3 is 2.73 bits per heavy atom. The maximum atomic E-state index is 11.0. The second kappa shape index (κ2) is 11.3. The molecule has 0 aliphatic heterocycles. The van der Waals surface area contributed by atoms with Crippen LogP contribution < -0.4 is 0 Å². The molecule has 0 saturated heterocycles. The summed E-state index contributed by atoms with van der Waals surface area (Å²) >= 11 is 0. The number of rotatable bonds is 9. The van der Waals surface area contributed by atoms with Crippen LogP contribution in [0.3, 0.4) is 0 Å². The van der Waals surface area contributed by atoms with Gasteiger partial charge in [0.15, 0.2) is 11.5 Å². The molecule has 1 unspecified atom stereocenters. The Balaban J connectivity index is 1.71. The van der Waals surface area contributed by atoms with Gasteiger partial charge in [-0.05, 0) is 56.3 Å². The zero-order valence-electron chi connectivity index (χ0n) is 18.5. The van der Waals surface area contributed by atoms with E-state index in [1.54, 1.807) is 53.9 Å². The number of carboxylic acid groups (broad SMARTS) is 1. The summed E-state index contributed by atoms with van der Waals surface area (Å²) in [5.41, 5.74) is 2.42. The lowest BCUT2D eigenvalue weighted by molar-refractivity contribution is -0.137. The number of aromatic nitrogens is 3. The molecule has 3 rings (SSSR count). The average Bonchev–Trinajstić information content (AvgIpc) is 3.21. The number of carbonyl (C=O) groups is 1. The van der Waals surface area contributed by atoms with Crippen molar-refractivity contribution >= 4 is 11.6 Å². The Bertz CT molecular complexity index is 1260. The van der Waals surface area contributed by atoms with Crippen LogP contribution >= 0.6 is 0 Å². The molecule has 7 nitrogen and oxygen atoms in total. The molecule has 0 bridgehead atoms. The molecule has 168 valence electrons. The monoisotopic (exact) mass is 443 g/mol. The molecule has 0 saturated carbocycles.